The van der Waals surface area contributed by atoms with E-state index in [1.54, 1.807) is 0 Å². The van der Waals surface area contributed by atoms with Crippen molar-refractivity contribution in [1.82, 2.24) is 9.55 Å². The highest BCUT2D eigenvalue weighted by Gasteiger charge is 2.18. The molecule has 1 heterocycles. The maximum absolute atomic E-state index is 12.3. The third kappa shape index (κ3) is 3.30. The highest BCUT2D eigenvalue weighted by atomic mass is 35.5. The molecule has 2 rings (SSSR count). The van der Waals surface area contributed by atoms with Crippen LogP contribution in [0, 0.1) is 5.92 Å². The molecule has 0 radical (unpaired) electrons. The normalized spacial score (nSPS) is 16.7. The van der Waals surface area contributed by atoms with Crippen LogP contribution in [0.25, 0.3) is 0 Å². The Labute approximate surface area is 117 Å². The molecule has 4 nitrogen and oxygen atoms in total. The molecule has 0 saturated heterocycles. The number of H-pyrrole nitrogens is 1. The summed E-state index contributed by atoms with van der Waals surface area (Å²) in [7, 11) is 0. The van der Waals surface area contributed by atoms with Gasteiger partial charge in [0.1, 0.15) is 5.15 Å². The molecule has 0 atom stereocenters. The Morgan fingerprint density at radius 2 is 1.95 bits per heavy atom. The average molecular weight is 285 g/mol. The number of hydrogen-bond acceptors (Lipinski definition) is 2. The van der Waals surface area contributed by atoms with Crippen molar-refractivity contribution in [3.8, 4) is 0 Å². The van der Waals surface area contributed by atoms with Gasteiger partial charge in [0, 0.05) is 6.54 Å². The maximum atomic E-state index is 12.3. The van der Waals surface area contributed by atoms with E-state index in [4.69, 9.17) is 11.6 Å². The molecule has 1 fully saturated rings. The number of nitrogens with zero attached hydrogens (tertiary/aromatic N) is 1. The Kier molecular flexibility index (Phi) is 4.86. The van der Waals surface area contributed by atoms with Crippen LogP contribution in [0.1, 0.15) is 51.0 Å². The van der Waals surface area contributed by atoms with Crippen LogP contribution in [-0.4, -0.2) is 9.55 Å². The minimum Gasteiger partial charge on any atom is -0.297 e. The van der Waals surface area contributed by atoms with Gasteiger partial charge in [0.25, 0.3) is 5.56 Å². The van der Waals surface area contributed by atoms with Gasteiger partial charge in [-0.1, -0.05) is 44.2 Å². The van der Waals surface area contributed by atoms with E-state index in [-0.39, 0.29) is 16.4 Å². The van der Waals surface area contributed by atoms with Crippen molar-refractivity contribution < 1.29 is 0 Å². The number of hydrogen-bond donors (Lipinski definition) is 1. The minimum atomic E-state index is -0.375. The predicted molar refractivity (Wildman–Crippen MR) is 76.9 cm³/mol. The first-order valence-corrected chi connectivity index (χ1v) is 7.52. The standard InChI is InChI=1S/C14H21ClN2O2/c1-2-6-11-12(15)16-14(19)17(13(11)18)9-10-7-4-3-5-8-10/h10H,2-9H2,1H3,(H,16,19). The first kappa shape index (κ1) is 14.4. The number of nitrogens with one attached hydrogen (secondary N) is 1. The van der Waals surface area contributed by atoms with Gasteiger partial charge >= 0.3 is 5.69 Å². The first-order chi connectivity index (χ1) is 9.13. The Morgan fingerprint density at radius 1 is 1.26 bits per heavy atom. The molecule has 1 aliphatic carbocycles. The van der Waals surface area contributed by atoms with E-state index >= 15 is 0 Å². The predicted octanol–water partition coefficient (Wildman–Crippen LogP) is 2.72. The summed E-state index contributed by atoms with van der Waals surface area (Å²) in [6.07, 6.45) is 7.34. The van der Waals surface area contributed by atoms with E-state index in [1.807, 2.05) is 6.92 Å². The molecular formula is C14H21ClN2O2. The largest absolute Gasteiger partial charge is 0.329 e. The summed E-state index contributed by atoms with van der Waals surface area (Å²) in [5.74, 6) is 0.447. The van der Waals surface area contributed by atoms with Crippen LogP contribution in [0.15, 0.2) is 9.59 Å². The summed E-state index contributed by atoms with van der Waals surface area (Å²) < 4.78 is 1.34. The lowest BCUT2D eigenvalue weighted by atomic mass is 9.89. The van der Waals surface area contributed by atoms with Gasteiger partial charge in [0.15, 0.2) is 0 Å². The van der Waals surface area contributed by atoms with Crippen LogP contribution in [0.3, 0.4) is 0 Å². The van der Waals surface area contributed by atoms with Crippen LogP contribution < -0.4 is 11.2 Å². The fourth-order valence-electron chi connectivity index (χ4n) is 2.85. The van der Waals surface area contributed by atoms with Crippen LogP contribution in [0.5, 0.6) is 0 Å². The van der Waals surface area contributed by atoms with E-state index in [2.05, 4.69) is 4.98 Å². The summed E-state index contributed by atoms with van der Waals surface area (Å²) in [6.45, 7) is 2.52. The van der Waals surface area contributed by atoms with E-state index in [9.17, 15) is 9.59 Å². The van der Waals surface area contributed by atoms with Gasteiger partial charge in [0.2, 0.25) is 0 Å². The highest BCUT2D eigenvalue weighted by Crippen LogP contribution is 2.24. The van der Waals surface area contributed by atoms with Crippen molar-refractivity contribution in [3.63, 3.8) is 0 Å². The summed E-state index contributed by atoms with van der Waals surface area (Å²) in [5.41, 5.74) is -0.0406. The third-order valence-corrected chi connectivity index (χ3v) is 4.22. The fourth-order valence-corrected chi connectivity index (χ4v) is 3.10. The number of aromatic nitrogens is 2. The van der Waals surface area contributed by atoms with E-state index in [0.717, 1.165) is 19.3 Å². The zero-order valence-electron chi connectivity index (χ0n) is 11.4. The van der Waals surface area contributed by atoms with Gasteiger partial charge in [-0.3, -0.25) is 14.3 Å². The van der Waals surface area contributed by atoms with Crippen LogP contribution in [0.4, 0.5) is 0 Å². The van der Waals surface area contributed by atoms with Crippen molar-refractivity contribution in [2.45, 2.75) is 58.4 Å². The molecule has 5 heteroatoms. The number of halogens is 1. The number of rotatable bonds is 4. The second-order valence-electron chi connectivity index (χ2n) is 5.39. The maximum Gasteiger partial charge on any atom is 0.329 e. The lowest BCUT2D eigenvalue weighted by Crippen LogP contribution is -2.39. The molecular weight excluding hydrogens is 264 g/mol. The molecule has 0 aromatic carbocycles. The topological polar surface area (TPSA) is 54.9 Å². The first-order valence-electron chi connectivity index (χ1n) is 7.15. The summed E-state index contributed by atoms with van der Waals surface area (Å²) in [5, 5.41) is 0.205. The van der Waals surface area contributed by atoms with Gasteiger partial charge in [-0.2, -0.15) is 0 Å². The Hall–Kier alpha value is -1.03. The van der Waals surface area contributed by atoms with Gasteiger partial charge < -0.3 is 0 Å². The van der Waals surface area contributed by atoms with Crippen molar-refractivity contribution in [2.75, 3.05) is 0 Å². The van der Waals surface area contributed by atoms with Gasteiger partial charge in [-0.15, -0.1) is 0 Å². The van der Waals surface area contributed by atoms with Crippen LogP contribution >= 0.6 is 11.6 Å². The molecule has 1 aliphatic rings. The zero-order chi connectivity index (χ0) is 13.8. The summed E-state index contributed by atoms with van der Waals surface area (Å²) in [6, 6.07) is 0. The molecule has 1 saturated carbocycles. The summed E-state index contributed by atoms with van der Waals surface area (Å²) >= 11 is 5.96. The monoisotopic (exact) mass is 284 g/mol. The third-order valence-electron chi connectivity index (χ3n) is 3.90. The van der Waals surface area contributed by atoms with E-state index in [1.165, 1.54) is 23.8 Å². The van der Waals surface area contributed by atoms with Gasteiger partial charge in [0.05, 0.1) is 5.56 Å². The Balaban J connectivity index is 2.31. The molecule has 0 spiro atoms. The van der Waals surface area contributed by atoms with Crippen LogP contribution in [0.2, 0.25) is 5.15 Å². The van der Waals surface area contributed by atoms with Crippen molar-refractivity contribution in [1.29, 1.82) is 0 Å². The lowest BCUT2D eigenvalue weighted by molar-refractivity contribution is 0.311. The van der Waals surface area contributed by atoms with Crippen LogP contribution in [-0.2, 0) is 13.0 Å². The molecule has 0 aliphatic heterocycles. The zero-order valence-corrected chi connectivity index (χ0v) is 12.1. The second-order valence-corrected chi connectivity index (χ2v) is 5.77. The second kappa shape index (κ2) is 6.42. The molecule has 1 N–H and O–H groups in total. The minimum absolute atomic E-state index is 0.205. The quantitative estimate of drug-likeness (QED) is 0.865. The molecule has 0 amide bonds. The van der Waals surface area contributed by atoms with Crippen molar-refractivity contribution in [3.05, 3.63) is 31.6 Å². The van der Waals surface area contributed by atoms with Gasteiger partial charge in [-0.05, 0) is 25.2 Å². The number of aromatic amines is 1. The van der Waals surface area contributed by atoms with Crippen molar-refractivity contribution >= 4 is 11.6 Å². The molecule has 19 heavy (non-hydrogen) atoms. The molecule has 106 valence electrons. The summed E-state index contributed by atoms with van der Waals surface area (Å²) in [4.78, 5) is 26.8. The highest BCUT2D eigenvalue weighted by molar-refractivity contribution is 6.30. The lowest BCUT2D eigenvalue weighted by Gasteiger charge is -2.22. The Morgan fingerprint density at radius 3 is 2.58 bits per heavy atom. The van der Waals surface area contributed by atoms with E-state index in [0.29, 0.717) is 24.4 Å². The Bertz CT molecular complexity index is 541. The molecule has 0 bridgehead atoms. The van der Waals surface area contributed by atoms with Gasteiger partial charge in [-0.25, -0.2) is 4.79 Å². The average Bonchev–Trinajstić information content (AvgIpc) is 2.41. The SMILES string of the molecule is CCCc1c(Cl)[nH]c(=O)n(CC2CCCCC2)c1=O. The van der Waals surface area contributed by atoms with E-state index < -0.39 is 0 Å². The molecule has 0 unspecified atom stereocenters. The smallest absolute Gasteiger partial charge is 0.297 e. The molecule has 1 aromatic heterocycles. The fraction of sp³-hybridized carbons (Fsp3) is 0.714. The molecule has 1 aromatic rings. The van der Waals surface area contributed by atoms with Crippen molar-refractivity contribution in [2.24, 2.45) is 5.92 Å².